The Hall–Kier alpha value is -1.94. The molecule has 3 nitrogen and oxygen atoms in total. The van der Waals surface area contributed by atoms with Gasteiger partial charge in [-0.15, -0.1) is 11.8 Å². The van der Waals surface area contributed by atoms with Gasteiger partial charge in [0.1, 0.15) is 11.5 Å². The highest BCUT2D eigenvalue weighted by atomic mass is 32.2. The molecule has 122 valence electrons. The molecule has 0 aromatic heterocycles. The van der Waals surface area contributed by atoms with Crippen LogP contribution in [-0.4, -0.2) is 18.8 Å². The van der Waals surface area contributed by atoms with E-state index >= 15 is 0 Å². The molecule has 0 radical (unpaired) electrons. The lowest BCUT2D eigenvalue weighted by Crippen LogP contribution is -2.26. The molecule has 0 spiro atoms. The van der Waals surface area contributed by atoms with Crippen LogP contribution in [0.3, 0.4) is 0 Å². The van der Waals surface area contributed by atoms with Crippen molar-refractivity contribution >= 4 is 17.7 Å². The highest BCUT2D eigenvalue weighted by Crippen LogP contribution is 2.29. The van der Waals surface area contributed by atoms with Crippen LogP contribution >= 0.6 is 11.8 Å². The van der Waals surface area contributed by atoms with Crippen molar-refractivity contribution in [2.45, 2.75) is 25.2 Å². The van der Waals surface area contributed by atoms with Gasteiger partial charge in [-0.05, 0) is 62.4 Å². The molecule has 0 aliphatic rings. The van der Waals surface area contributed by atoms with Crippen molar-refractivity contribution in [2.75, 3.05) is 12.9 Å². The highest BCUT2D eigenvalue weighted by molar-refractivity contribution is 7.99. The third kappa shape index (κ3) is 5.32. The van der Waals surface area contributed by atoms with E-state index in [1.165, 1.54) is 7.11 Å². The summed E-state index contributed by atoms with van der Waals surface area (Å²) in [5.74, 6) is 2.34. The molecule has 0 unspecified atom stereocenters. The fourth-order valence-electron chi connectivity index (χ4n) is 2.03. The molecular formula is C19H22O3S. The Morgan fingerprint density at radius 3 is 2.22 bits per heavy atom. The van der Waals surface area contributed by atoms with Gasteiger partial charge >= 0.3 is 5.97 Å². The lowest BCUT2D eigenvalue weighted by atomic mass is 9.91. The minimum Gasteiger partial charge on any atom is -0.469 e. The van der Waals surface area contributed by atoms with Gasteiger partial charge in [-0.1, -0.05) is 18.2 Å². The van der Waals surface area contributed by atoms with Crippen molar-refractivity contribution in [2.24, 2.45) is 5.41 Å². The second-order valence-electron chi connectivity index (χ2n) is 5.86. The average Bonchev–Trinajstić information content (AvgIpc) is 2.56. The molecule has 0 saturated heterocycles. The second-order valence-corrected chi connectivity index (χ2v) is 7.03. The van der Waals surface area contributed by atoms with Gasteiger partial charge in [0.05, 0.1) is 12.5 Å². The maximum absolute atomic E-state index is 11.6. The minimum atomic E-state index is -0.446. The summed E-state index contributed by atoms with van der Waals surface area (Å²) in [6, 6.07) is 17.7. The molecule has 23 heavy (non-hydrogen) atoms. The molecule has 2 aromatic rings. The number of hydrogen-bond acceptors (Lipinski definition) is 4. The lowest BCUT2D eigenvalue weighted by molar-refractivity contribution is -0.150. The van der Waals surface area contributed by atoms with Crippen molar-refractivity contribution in [1.82, 2.24) is 0 Å². The van der Waals surface area contributed by atoms with Gasteiger partial charge in [0.25, 0.3) is 0 Å². The van der Waals surface area contributed by atoms with E-state index in [-0.39, 0.29) is 5.97 Å². The number of benzene rings is 2. The molecule has 0 amide bonds. The van der Waals surface area contributed by atoms with E-state index in [9.17, 15) is 4.79 Å². The number of carbonyl (C=O) groups excluding carboxylic acids is 1. The largest absolute Gasteiger partial charge is 0.469 e. The quantitative estimate of drug-likeness (QED) is 0.519. The Balaban J connectivity index is 1.85. The average molecular weight is 330 g/mol. The molecule has 2 rings (SSSR count). The number of hydrogen-bond donors (Lipinski definition) is 0. The molecule has 0 aliphatic carbocycles. The second kappa shape index (κ2) is 8.06. The summed E-state index contributed by atoms with van der Waals surface area (Å²) in [6.07, 6.45) is 0.770. The topological polar surface area (TPSA) is 35.5 Å². The van der Waals surface area contributed by atoms with Gasteiger partial charge in [0, 0.05) is 4.90 Å². The normalized spacial score (nSPS) is 11.1. The van der Waals surface area contributed by atoms with Crippen molar-refractivity contribution < 1.29 is 14.3 Å². The molecule has 0 atom stereocenters. The fourth-order valence-corrected chi connectivity index (χ4v) is 3.21. The summed E-state index contributed by atoms with van der Waals surface area (Å²) in [7, 11) is 1.43. The SMILES string of the molecule is COC(=O)C(C)(C)CCSc1ccc(Oc2ccccc2)cc1. The van der Waals surface area contributed by atoms with Gasteiger partial charge in [-0.3, -0.25) is 4.79 Å². The van der Waals surface area contributed by atoms with E-state index in [1.54, 1.807) is 11.8 Å². The molecule has 2 aromatic carbocycles. The Morgan fingerprint density at radius 1 is 1.00 bits per heavy atom. The van der Waals surface area contributed by atoms with E-state index in [1.807, 2.05) is 68.4 Å². The van der Waals surface area contributed by atoms with Crippen LogP contribution in [0.5, 0.6) is 11.5 Å². The van der Waals surface area contributed by atoms with Crippen molar-refractivity contribution in [3.8, 4) is 11.5 Å². The molecule has 0 bridgehead atoms. The van der Waals surface area contributed by atoms with Crippen molar-refractivity contribution in [3.05, 3.63) is 54.6 Å². The van der Waals surface area contributed by atoms with Crippen LogP contribution in [0, 0.1) is 5.41 Å². The predicted molar refractivity (Wildman–Crippen MR) is 94.1 cm³/mol. The zero-order valence-corrected chi connectivity index (χ0v) is 14.6. The summed E-state index contributed by atoms with van der Waals surface area (Å²) >= 11 is 1.73. The maximum atomic E-state index is 11.6. The zero-order valence-electron chi connectivity index (χ0n) is 13.7. The smallest absolute Gasteiger partial charge is 0.311 e. The number of esters is 1. The highest BCUT2D eigenvalue weighted by Gasteiger charge is 2.27. The third-order valence-electron chi connectivity index (χ3n) is 3.54. The first-order chi connectivity index (χ1) is 11.0. The molecule has 0 saturated carbocycles. The summed E-state index contributed by atoms with van der Waals surface area (Å²) in [4.78, 5) is 12.8. The van der Waals surface area contributed by atoms with Gasteiger partial charge in [0.2, 0.25) is 0 Å². The van der Waals surface area contributed by atoms with Crippen LogP contribution < -0.4 is 4.74 Å². The standard InChI is InChI=1S/C19H22O3S/c1-19(2,18(20)21-3)13-14-23-17-11-9-16(10-12-17)22-15-7-5-4-6-8-15/h4-12H,13-14H2,1-3H3. The molecular weight excluding hydrogens is 308 g/mol. The monoisotopic (exact) mass is 330 g/mol. The molecule has 0 fully saturated rings. The summed E-state index contributed by atoms with van der Waals surface area (Å²) in [5, 5.41) is 0. The Labute approximate surface area is 142 Å². The first-order valence-corrected chi connectivity index (χ1v) is 8.54. The lowest BCUT2D eigenvalue weighted by Gasteiger charge is -2.20. The van der Waals surface area contributed by atoms with Crippen molar-refractivity contribution in [1.29, 1.82) is 0 Å². The number of ether oxygens (including phenoxy) is 2. The number of rotatable bonds is 7. The first kappa shape index (κ1) is 17.4. The van der Waals surface area contributed by atoms with Crippen molar-refractivity contribution in [3.63, 3.8) is 0 Å². The van der Waals surface area contributed by atoms with Crippen LogP contribution in [0.25, 0.3) is 0 Å². The first-order valence-electron chi connectivity index (χ1n) is 7.55. The summed E-state index contributed by atoms with van der Waals surface area (Å²) in [6.45, 7) is 3.83. The number of methoxy groups -OCH3 is 1. The van der Waals surface area contributed by atoms with Gasteiger partial charge in [-0.2, -0.15) is 0 Å². The Kier molecular flexibility index (Phi) is 6.11. The third-order valence-corrected chi connectivity index (χ3v) is 4.55. The Morgan fingerprint density at radius 2 is 1.61 bits per heavy atom. The Bertz CT molecular complexity index is 621. The minimum absolute atomic E-state index is 0.162. The van der Waals surface area contributed by atoms with Gasteiger partial charge in [0.15, 0.2) is 0 Å². The van der Waals surface area contributed by atoms with Crippen LogP contribution in [0.2, 0.25) is 0 Å². The number of para-hydroxylation sites is 1. The molecule has 0 heterocycles. The van der Waals surface area contributed by atoms with Gasteiger partial charge in [-0.25, -0.2) is 0 Å². The summed E-state index contributed by atoms with van der Waals surface area (Å²) in [5.41, 5.74) is -0.446. The van der Waals surface area contributed by atoms with Crippen LogP contribution in [0.1, 0.15) is 20.3 Å². The van der Waals surface area contributed by atoms with E-state index in [2.05, 4.69) is 0 Å². The van der Waals surface area contributed by atoms with Crippen LogP contribution in [-0.2, 0) is 9.53 Å². The van der Waals surface area contributed by atoms with Crippen LogP contribution in [0.15, 0.2) is 59.5 Å². The number of carbonyl (C=O) groups is 1. The van der Waals surface area contributed by atoms with Gasteiger partial charge < -0.3 is 9.47 Å². The fraction of sp³-hybridized carbons (Fsp3) is 0.316. The molecule has 4 heteroatoms. The van der Waals surface area contributed by atoms with E-state index in [0.29, 0.717) is 0 Å². The summed E-state index contributed by atoms with van der Waals surface area (Å²) < 4.78 is 10.6. The van der Waals surface area contributed by atoms with Crippen LogP contribution in [0.4, 0.5) is 0 Å². The molecule has 0 N–H and O–H groups in total. The van der Waals surface area contributed by atoms with E-state index in [0.717, 1.165) is 28.6 Å². The van der Waals surface area contributed by atoms with E-state index in [4.69, 9.17) is 9.47 Å². The predicted octanol–water partition coefficient (Wildman–Crippen LogP) is 5.16. The number of thioether (sulfide) groups is 1. The molecule has 0 aliphatic heterocycles. The van der Waals surface area contributed by atoms with E-state index < -0.39 is 5.41 Å². The maximum Gasteiger partial charge on any atom is 0.311 e. The zero-order chi connectivity index (χ0) is 16.7.